The summed E-state index contributed by atoms with van der Waals surface area (Å²) in [6.07, 6.45) is 1.09. The van der Waals surface area contributed by atoms with Crippen LogP contribution >= 0.6 is 0 Å². The highest BCUT2D eigenvalue weighted by Crippen LogP contribution is 2.26. The number of ether oxygens (including phenoxy) is 1. The van der Waals surface area contributed by atoms with E-state index < -0.39 is 5.82 Å². The van der Waals surface area contributed by atoms with Crippen molar-refractivity contribution in [2.45, 2.75) is 6.92 Å². The van der Waals surface area contributed by atoms with Crippen LogP contribution in [0.25, 0.3) is 0 Å². The Morgan fingerprint density at radius 1 is 1.35 bits per heavy atom. The number of nitrogens with zero attached hydrogens (tertiary/aromatic N) is 3. The maximum Gasteiger partial charge on any atom is 0.260 e. The van der Waals surface area contributed by atoms with Gasteiger partial charge >= 0.3 is 0 Å². The summed E-state index contributed by atoms with van der Waals surface area (Å²) in [5.41, 5.74) is 0.962. The molecule has 5 nitrogen and oxygen atoms in total. The number of halogens is 1. The van der Waals surface area contributed by atoms with Crippen LogP contribution in [0.5, 0.6) is 11.6 Å². The van der Waals surface area contributed by atoms with Crippen LogP contribution in [0.4, 0.5) is 16.0 Å². The Bertz CT molecular complexity index is 589. The van der Waals surface area contributed by atoms with Gasteiger partial charge in [-0.05, 0) is 19.1 Å². The molecule has 0 aliphatic heterocycles. The van der Waals surface area contributed by atoms with Gasteiger partial charge in [0.15, 0.2) is 0 Å². The molecule has 1 heterocycles. The van der Waals surface area contributed by atoms with Crippen molar-refractivity contribution in [1.82, 2.24) is 9.97 Å². The molecule has 0 saturated heterocycles. The first-order valence-electron chi connectivity index (χ1n) is 6.31. The Labute approximate surface area is 117 Å². The molecule has 0 aliphatic rings. The van der Waals surface area contributed by atoms with Crippen molar-refractivity contribution in [2.75, 3.05) is 30.9 Å². The van der Waals surface area contributed by atoms with Gasteiger partial charge in [-0.2, -0.15) is 9.37 Å². The summed E-state index contributed by atoms with van der Waals surface area (Å²) >= 11 is 0. The van der Waals surface area contributed by atoms with Gasteiger partial charge in [0.2, 0.25) is 11.8 Å². The lowest BCUT2D eigenvalue weighted by atomic mass is 10.3. The van der Waals surface area contributed by atoms with Gasteiger partial charge in [-0.1, -0.05) is 6.07 Å². The molecule has 6 heteroatoms. The van der Waals surface area contributed by atoms with Crippen molar-refractivity contribution in [2.24, 2.45) is 0 Å². The smallest absolute Gasteiger partial charge is 0.260 e. The molecule has 0 atom stereocenters. The maximum atomic E-state index is 13.7. The molecule has 1 aromatic carbocycles. The van der Waals surface area contributed by atoms with E-state index in [9.17, 15) is 4.39 Å². The van der Waals surface area contributed by atoms with E-state index in [1.807, 2.05) is 44.1 Å². The molecule has 106 valence electrons. The molecule has 2 rings (SSSR count). The van der Waals surface area contributed by atoms with Gasteiger partial charge in [-0.25, -0.2) is 4.98 Å². The second kappa shape index (κ2) is 6.18. The SMILES string of the molecule is CCNc1ncc(F)c(Oc2cccc(N(C)C)c2)n1. The lowest BCUT2D eigenvalue weighted by Gasteiger charge is -2.14. The topological polar surface area (TPSA) is 50.3 Å². The molecule has 2 aromatic rings. The molecule has 1 N–H and O–H groups in total. The van der Waals surface area contributed by atoms with Crippen molar-refractivity contribution in [3.8, 4) is 11.6 Å². The van der Waals surface area contributed by atoms with Crippen LogP contribution in [0.2, 0.25) is 0 Å². The Morgan fingerprint density at radius 2 is 2.15 bits per heavy atom. The highest BCUT2D eigenvalue weighted by atomic mass is 19.1. The second-order valence-electron chi connectivity index (χ2n) is 4.37. The number of rotatable bonds is 5. The van der Waals surface area contributed by atoms with Gasteiger partial charge in [0.05, 0.1) is 6.20 Å². The lowest BCUT2D eigenvalue weighted by Crippen LogP contribution is -2.08. The zero-order chi connectivity index (χ0) is 14.5. The molecule has 0 amide bonds. The third-order valence-electron chi connectivity index (χ3n) is 2.60. The fourth-order valence-electron chi connectivity index (χ4n) is 1.60. The molecule has 0 spiro atoms. The summed E-state index contributed by atoms with van der Waals surface area (Å²) in [6.45, 7) is 2.56. The van der Waals surface area contributed by atoms with Crippen molar-refractivity contribution >= 4 is 11.6 Å². The number of hydrogen-bond acceptors (Lipinski definition) is 5. The van der Waals surface area contributed by atoms with E-state index >= 15 is 0 Å². The minimum atomic E-state index is -0.595. The Hall–Kier alpha value is -2.37. The molecule has 20 heavy (non-hydrogen) atoms. The average Bonchev–Trinajstić information content (AvgIpc) is 2.43. The quantitative estimate of drug-likeness (QED) is 0.910. The standard InChI is InChI=1S/C14H17FN4O/c1-4-16-14-17-9-12(15)13(18-14)20-11-7-5-6-10(8-11)19(2)3/h5-9H,4H2,1-3H3,(H,16,17,18). The summed E-state index contributed by atoms with van der Waals surface area (Å²) < 4.78 is 19.2. The van der Waals surface area contributed by atoms with E-state index in [1.54, 1.807) is 6.07 Å². The Kier molecular flexibility index (Phi) is 4.34. The zero-order valence-corrected chi connectivity index (χ0v) is 11.7. The largest absolute Gasteiger partial charge is 0.436 e. The predicted molar refractivity (Wildman–Crippen MR) is 77.0 cm³/mol. The van der Waals surface area contributed by atoms with Gasteiger partial charge < -0.3 is 15.0 Å². The van der Waals surface area contributed by atoms with E-state index in [-0.39, 0.29) is 5.88 Å². The van der Waals surface area contributed by atoms with E-state index in [0.29, 0.717) is 18.2 Å². The molecule has 0 saturated carbocycles. The summed E-state index contributed by atoms with van der Waals surface area (Å²) in [5.74, 6) is 0.178. The summed E-state index contributed by atoms with van der Waals surface area (Å²) in [7, 11) is 3.85. The fraction of sp³-hybridized carbons (Fsp3) is 0.286. The number of hydrogen-bond donors (Lipinski definition) is 1. The normalized spacial score (nSPS) is 10.2. The van der Waals surface area contributed by atoms with Crippen LogP contribution in [-0.4, -0.2) is 30.6 Å². The molecule has 0 aliphatic carbocycles. The van der Waals surface area contributed by atoms with Crippen LogP contribution in [0, 0.1) is 5.82 Å². The van der Waals surface area contributed by atoms with E-state index in [4.69, 9.17) is 4.74 Å². The van der Waals surface area contributed by atoms with Crippen molar-refractivity contribution in [3.63, 3.8) is 0 Å². The number of aromatic nitrogens is 2. The van der Waals surface area contributed by atoms with Crippen LogP contribution < -0.4 is 15.0 Å². The molecule has 0 fully saturated rings. The highest BCUT2D eigenvalue weighted by Gasteiger charge is 2.09. The fourth-order valence-corrected chi connectivity index (χ4v) is 1.60. The molecule has 0 radical (unpaired) electrons. The number of anilines is 2. The number of benzene rings is 1. The predicted octanol–water partition coefficient (Wildman–Crippen LogP) is 2.91. The second-order valence-corrected chi connectivity index (χ2v) is 4.37. The van der Waals surface area contributed by atoms with Crippen LogP contribution in [0.3, 0.4) is 0 Å². The van der Waals surface area contributed by atoms with Crippen LogP contribution in [0.1, 0.15) is 6.92 Å². The first kappa shape index (κ1) is 14.0. The molecule has 0 bridgehead atoms. The van der Waals surface area contributed by atoms with E-state index in [0.717, 1.165) is 11.9 Å². The van der Waals surface area contributed by atoms with E-state index in [2.05, 4.69) is 15.3 Å². The van der Waals surface area contributed by atoms with Gasteiger partial charge in [-0.3, -0.25) is 0 Å². The molecular formula is C14H17FN4O. The minimum Gasteiger partial charge on any atom is -0.436 e. The van der Waals surface area contributed by atoms with Crippen molar-refractivity contribution < 1.29 is 9.13 Å². The van der Waals surface area contributed by atoms with Crippen molar-refractivity contribution in [3.05, 3.63) is 36.3 Å². The Morgan fingerprint density at radius 3 is 2.85 bits per heavy atom. The monoisotopic (exact) mass is 276 g/mol. The maximum absolute atomic E-state index is 13.7. The lowest BCUT2D eigenvalue weighted by molar-refractivity contribution is 0.421. The van der Waals surface area contributed by atoms with Gasteiger partial charge in [0.1, 0.15) is 5.75 Å². The molecular weight excluding hydrogens is 259 g/mol. The Balaban J connectivity index is 2.24. The van der Waals surface area contributed by atoms with Crippen LogP contribution in [0.15, 0.2) is 30.5 Å². The van der Waals surface area contributed by atoms with E-state index in [1.165, 1.54) is 0 Å². The van der Waals surface area contributed by atoms with Gasteiger partial charge in [0, 0.05) is 32.4 Å². The summed E-state index contributed by atoms with van der Waals surface area (Å²) in [4.78, 5) is 9.77. The summed E-state index contributed by atoms with van der Waals surface area (Å²) in [6, 6.07) is 7.35. The zero-order valence-electron chi connectivity index (χ0n) is 11.7. The number of nitrogens with one attached hydrogen (secondary N) is 1. The first-order chi connectivity index (χ1) is 9.60. The van der Waals surface area contributed by atoms with Crippen molar-refractivity contribution in [1.29, 1.82) is 0 Å². The summed E-state index contributed by atoms with van der Waals surface area (Å²) in [5, 5.41) is 2.91. The van der Waals surface area contributed by atoms with Gasteiger partial charge in [-0.15, -0.1) is 0 Å². The van der Waals surface area contributed by atoms with Crippen LogP contribution in [-0.2, 0) is 0 Å². The molecule has 1 aromatic heterocycles. The highest BCUT2D eigenvalue weighted by molar-refractivity contribution is 5.50. The first-order valence-corrected chi connectivity index (χ1v) is 6.31. The third kappa shape index (κ3) is 3.34. The minimum absolute atomic E-state index is 0.0909. The van der Waals surface area contributed by atoms with Gasteiger partial charge in [0.25, 0.3) is 5.88 Å². The third-order valence-corrected chi connectivity index (χ3v) is 2.60. The average molecular weight is 276 g/mol. The molecule has 0 unspecified atom stereocenters.